The number of aryl methyl sites for hydroxylation is 1. The second kappa shape index (κ2) is 5.37. The van der Waals surface area contributed by atoms with Crippen LogP contribution in [0.5, 0.6) is 0 Å². The van der Waals surface area contributed by atoms with Crippen molar-refractivity contribution in [1.82, 2.24) is 4.31 Å². The first-order chi connectivity index (χ1) is 9.25. The van der Waals surface area contributed by atoms with Gasteiger partial charge in [0.1, 0.15) is 0 Å². The summed E-state index contributed by atoms with van der Waals surface area (Å²) in [7, 11) is -3.44. The van der Waals surface area contributed by atoms with E-state index < -0.39 is 10.0 Å². The molecule has 1 saturated heterocycles. The van der Waals surface area contributed by atoms with E-state index in [-0.39, 0.29) is 6.04 Å². The quantitative estimate of drug-likeness (QED) is 0.872. The maximum absolute atomic E-state index is 12.8. The van der Waals surface area contributed by atoms with Crippen molar-refractivity contribution < 1.29 is 8.42 Å². The molecule has 1 fully saturated rings. The van der Waals surface area contributed by atoms with Gasteiger partial charge in [-0.2, -0.15) is 4.31 Å². The van der Waals surface area contributed by atoms with Gasteiger partial charge in [-0.15, -0.1) is 0 Å². The lowest BCUT2D eigenvalue weighted by atomic mass is 10.0. The highest BCUT2D eigenvalue weighted by Crippen LogP contribution is 2.31. The topological polar surface area (TPSA) is 63.4 Å². The van der Waals surface area contributed by atoms with Crippen LogP contribution in [-0.2, 0) is 10.0 Å². The fraction of sp³-hybridized carbons (Fsp3) is 0.600. The molecule has 0 radical (unpaired) electrons. The Bertz CT molecular complexity index is 585. The molecule has 4 nitrogen and oxygen atoms in total. The molecule has 1 aromatic carbocycles. The van der Waals surface area contributed by atoms with Gasteiger partial charge in [0.25, 0.3) is 0 Å². The molecule has 1 unspecified atom stereocenters. The molecule has 1 atom stereocenters. The fourth-order valence-corrected chi connectivity index (χ4v) is 4.81. The Kier molecular flexibility index (Phi) is 4.12. The smallest absolute Gasteiger partial charge is 0.243 e. The van der Waals surface area contributed by atoms with E-state index in [4.69, 9.17) is 5.73 Å². The summed E-state index contributed by atoms with van der Waals surface area (Å²) in [6.45, 7) is 8.57. The van der Waals surface area contributed by atoms with E-state index in [1.54, 1.807) is 16.4 Å². The van der Waals surface area contributed by atoms with E-state index in [0.29, 0.717) is 23.0 Å². The van der Waals surface area contributed by atoms with E-state index in [1.807, 2.05) is 13.8 Å². The first-order valence-electron chi connectivity index (χ1n) is 7.13. The van der Waals surface area contributed by atoms with Gasteiger partial charge in [-0.25, -0.2) is 8.42 Å². The first-order valence-corrected chi connectivity index (χ1v) is 8.57. The Morgan fingerprint density at radius 3 is 2.50 bits per heavy atom. The van der Waals surface area contributed by atoms with Gasteiger partial charge in [0.2, 0.25) is 10.0 Å². The third-order valence-electron chi connectivity index (χ3n) is 4.31. The predicted octanol–water partition coefficient (Wildman–Crippen LogP) is 2.69. The zero-order chi connectivity index (χ0) is 15.1. The number of nitrogens with two attached hydrogens (primary N) is 1. The van der Waals surface area contributed by atoms with Crippen molar-refractivity contribution in [3.63, 3.8) is 0 Å². The minimum atomic E-state index is -3.44. The van der Waals surface area contributed by atoms with Crippen LogP contribution in [-0.4, -0.2) is 25.3 Å². The summed E-state index contributed by atoms with van der Waals surface area (Å²) in [6.07, 6.45) is 1.87. The van der Waals surface area contributed by atoms with Crippen molar-refractivity contribution in [2.24, 2.45) is 5.92 Å². The van der Waals surface area contributed by atoms with Crippen LogP contribution in [0.4, 0.5) is 5.69 Å². The molecule has 5 heteroatoms. The average molecular weight is 296 g/mol. The van der Waals surface area contributed by atoms with Gasteiger partial charge in [-0.1, -0.05) is 13.8 Å². The van der Waals surface area contributed by atoms with Crippen LogP contribution in [0.25, 0.3) is 0 Å². The Labute approximate surface area is 122 Å². The molecule has 0 aliphatic carbocycles. The molecular weight excluding hydrogens is 272 g/mol. The van der Waals surface area contributed by atoms with Crippen LogP contribution < -0.4 is 5.73 Å². The predicted molar refractivity (Wildman–Crippen MR) is 82.1 cm³/mol. The fourth-order valence-electron chi connectivity index (χ4n) is 2.87. The van der Waals surface area contributed by atoms with Gasteiger partial charge < -0.3 is 5.73 Å². The second-order valence-corrected chi connectivity index (χ2v) is 7.91. The molecule has 2 rings (SSSR count). The monoisotopic (exact) mass is 296 g/mol. The summed E-state index contributed by atoms with van der Waals surface area (Å²) >= 11 is 0. The molecule has 1 aliphatic heterocycles. The molecule has 0 spiro atoms. The molecule has 1 aliphatic rings. The Hall–Kier alpha value is -1.07. The second-order valence-electron chi connectivity index (χ2n) is 6.02. The van der Waals surface area contributed by atoms with E-state index in [2.05, 4.69) is 13.8 Å². The average Bonchev–Trinajstić information content (AvgIpc) is 2.85. The van der Waals surface area contributed by atoms with Crippen LogP contribution in [0, 0.1) is 19.8 Å². The summed E-state index contributed by atoms with van der Waals surface area (Å²) < 4.78 is 27.3. The van der Waals surface area contributed by atoms with Gasteiger partial charge in [-0.3, -0.25) is 0 Å². The minimum absolute atomic E-state index is 0.0998. The number of hydrogen-bond donors (Lipinski definition) is 1. The third kappa shape index (κ3) is 2.56. The summed E-state index contributed by atoms with van der Waals surface area (Å²) in [5, 5.41) is 0. The van der Waals surface area contributed by atoms with Crippen molar-refractivity contribution in [1.29, 1.82) is 0 Å². The van der Waals surface area contributed by atoms with Crippen LogP contribution in [0.3, 0.4) is 0 Å². The number of sulfonamides is 1. The third-order valence-corrected chi connectivity index (χ3v) is 6.21. The maximum Gasteiger partial charge on any atom is 0.243 e. The molecule has 112 valence electrons. The largest absolute Gasteiger partial charge is 0.398 e. The lowest BCUT2D eigenvalue weighted by molar-refractivity contribution is 0.316. The first kappa shape index (κ1) is 15.3. The highest BCUT2D eigenvalue weighted by atomic mass is 32.2. The summed E-state index contributed by atoms with van der Waals surface area (Å²) in [4.78, 5) is 0.325. The summed E-state index contributed by atoms with van der Waals surface area (Å²) in [5.74, 6) is 0.330. The Morgan fingerprint density at radius 2 is 1.95 bits per heavy atom. The zero-order valence-electron chi connectivity index (χ0n) is 12.7. The molecule has 20 heavy (non-hydrogen) atoms. The van der Waals surface area contributed by atoms with Crippen LogP contribution in [0.2, 0.25) is 0 Å². The van der Waals surface area contributed by atoms with Gasteiger partial charge in [0.15, 0.2) is 0 Å². The molecule has 1 aromatic rings. The zero-order valence-corrected chi connectivity index (χ0v) is 13.5. The Morgan fingerprint density at radius 1 is 1.30 bits per heavy atom. The van der Waals surface area contributed by atoms with E-state index >= 15 is 0 Å². The van der Waals surface area contributed by atoms with Crippen LogP contribution in [0.15, 0.2) is 17.0 Å². The number of nitrogen functional groups attached to an aromatic ring is 1. The normalized spacial score (nSPS) is 20.8. The van der Waals surface area contributed by atoms with E-state index in [9.17, 15) is 8.42 Å². The number of hydrogen-bond acceptors (Lipinski definition) is 3. The molecule has 0 amide bonds. The molecule has 2 N–H and O–H groups in total. The molecule has 1 heterocycles. The van der Waals surface area contributed by atoms with Crippen molar-refractivity contribution in [2.45, 2.75) is 51.5 Å². The van der Waals surface area contributed by atoms with Gasteiger partial charge in [0.05, 0.1) is 4.90 Å². The lowest BCUT2D eigenvalue weighted by Crippen LogP contribution is -2.38. The van der Waals surface area contributed by atoms with Crippen molar-refractivity contribution in [2.75, 3.05) is 12.3 Å². The van der Waals surface area contributed by atoms with Crippen LogP contribution >= 0.6 is 0 Å². The van der Waals surface area contributed by atoms with Crippen LogP contribution in [0.1, 0.15) is 37.8 Å². The van der Waals surface area contributed by atoms with Gasteiger partial charge in [0, 0.05) is 18.3 Å². The standard InChI is InChI=1S/C15H24N2O2S/c1-10(2)15-6-5-7-17(15)20(18,19)13-8-11(3)12(4)14(16)9-13/h8-10,15H,5-7,16H2,1-4H3. The minimum Gasteiger partial charge on any atom is -0.398 e. The number of anilines is 1. The maximum atomic E-state index is 12.8. The van der Waals surface area contributed by atoms with Crippen molar-refractivity contribution in [3.05, 3.63) is 23.3 Å². The number of nitrogens with zero attached hydrogens (tertiary/aromatic N) is 1. The summed E-state index contributed by atoms with van der Waals surface area (Å²) in [5.41, 5.74) is 8.34. The van der Waals surface area contributed by atoms with E-state index in [0.717, 1.165) is 24.0 Å². The van der Waals surface area contributed by atoms with Gasteiger partial charge >= 0.3 is 0 Å². The highest BCUT2D eigenvalue weighted by molar-refractivity contribution is 7.89. The SMILES string of the molecule is Cc1cc(S(=O)(=O)N2CCCC2C(C)C)cc(N)c1C. The Balaban J connectivity index is 2.45. The number of benzene rings is 1. The molecule has 0 saturated carbocycles. The van der Waals surface area contributed by atoms with Gasteiger partial charge in [-0.05, 0) is 55.9 Å². The van der Waals surface area contributed by atoms with E-state index in [1.165, 1.54) is 0 Å². The highest BCUT2D eigenvalue weighted by Gasteiger charge is 2.36. The molecule has 0 aromatic heterocycles. The molecule has 0 bridgehead atoms. The lowest BCUT2D eigenvalue weighted by Gasteiger charge is -2.27. The van der Waals surface area contributed by atoms with Crippen molar-refractivity contribution >= 4 is 15.7 Å². The summed E-state index contributed by atoms with van der Waals surface area (Å²) in [6, 6.07) is 3.42. The molecular formula is C15H24N2O2S. The number of rotatable bonds is 3. The van der Waals surface area contributed by atoms with Crippen molar-refractivity contribution in [3.8, 4) is 0 Å².